The fraction of sp³-hybridized carbons (Fsp3) is 0.857. The van der Waals surface area contributed by atoms with E-state index in [0.29, 0.717) is 0 Å². The van der Waals surface area contributed by atoms with E-state index in [1.165, 1.54) is 24.3 Å². The smallest absolute Gasteiger partial charge is 0.124 e. The fourth-order valence-corrected chi connectivity index (χ4v) is 2.87. The molecule has 2 heteroatoms. The molecule has 0 bridgehead atoms. The molecule has 0 spiro atoms. The number of hydrogen-bond acceptors (Lipinski definition) is 1. The molecule has 1 rings (SSSR count). The number of piperidine rings is 1. The highest BCUT2D eigenvalue weighted by molar-refractivity contribution is 4.81. The van der Waals surface area contributed by atoms with Crippen molar-refractivity contribution in [1.82, 2.24) is 0 Å². The zero-order chi connectivity index (χ0) is 12.2. The number of allylic oxidation sites excluding steroid dienone is 1. The van der Waals surface area contributed by atoms with Crippen LogP contribution in [0.5, 0.6) is 0 Å². The van der Waals surface area contributed by atoms with Crippen molar-refractivity contribution >= 4 is 0 Å². The van der Waals surface area contributed by atoms with Crippen molar-refractivity contribution in [3.8, 4) is 0 Å². The molecule has 1 aliphatic rings. The van der Waals surface area contributed by atoms with E-state index in [4.69, 9.17) is 4.84 Å². The molecular formula is C14H28NO+. The fourth-order valence-electron chi connectivity index (χ4n) is 2.87. The minimum Gasteiger partial charge on any atom is -0.200 e. The van der Waals surface area contributed by atoms with Gasteiger partial charge in [0, 0.05) is 12.8 Å². The summed E-state index contributed by atoms with van der Waals surface area (Å²) >= 11 is 0. The Morgan fingerprint density at radius 1 is 1.06 bits per heavy atom. The third kappa shape index (κ3) is 3.33. The average Bonchev–Trinajstić information content (AvgIpc) is 2.14. The second-order valence-electron chi connectivity index (χ2n) is 6.14. The minimum atomic E-state index is 0.238. The molecule has 0 amide bonds. The lowest BCUT2D eigenvalue weighted by molar-refractivity contribution is -1.16. The van der Waals surface area contributed by atoms with Crippen molar-refractivity contribution in [2.45, 2.75) is 71.4 Å². The largest absolute Gasteiger partial charge is 0.200 e. The van der Waals surface area contributed by atoms with E-state index in [1.54, 1.807) is 0 Å². The van der Waals surface area contributed by atoms with Gasteiger partial charge in [0.1, 0.15) is 17.7 Å². The zero-order valence-corrected chi connectivity index (χ0v) is 11.6. The third-order valence-electron chi connectivity index (χ3n) is 3.56. The maximum Gasteiger partial charge on any atom is 0.124 e. The van der Waals surface area contributed by atoms with E-state index in [9.17, 15) is 0 Å². The molecule has 1 N–H and O–H groups in total. The Morgan fingerprint density at radius 3 is 2.12 bits per heavy atom. The first-order chi connectivity index (χ1) is 7.40. The summed E-state index contributed by atoms with van der Waals surface area (Å²) in [7, 11) is 0. The first kappa shape index (κ1) is 13.7. The van der Waals surface area contributed by atoms with Crippen molar-refractivity contribution < 1.29 is 9.90 Å². The Balaban J connectivity index is 2.60. The summed E-state index contributed by atoms with van der Waals surface area (Å²) in [5.74, 6) is 0. The van der Waals surface area contributed by atoms with Crippen molar-refractivity contribution in [2.75, 3.05) is 6.61 Å². The van der Waals surface area contributed by atoms with Crippen LogP contribution in [0, 0.1) is 0 Å². The Morgan fingerprint density at radius 2 is 1.62 bits per heavy atom. The van der Waals surface area contributed by atoms with Gasteiger partial charge >= 0.3 is 0 Å². The van der Waals surface area contributed by atoms with Gasteiger partial charge in [-0.25, -0.2) is 0 Å². The molecule has 0 unspecified atom stereocenters. The normalized spacial score (nSPS) is 25.1. The van der Waals surface area contributed by atoms with Crippen LogP contribution in [0.3, 0.4) is 0 Å². The minimum absolute atomic E-state index is 0.238. The number of hydrogen-bond donors (Lipinski definition) is 1. The summed E-state index contributed by atoms with van der Waals surface area (Å²) in [6.45, 7) is 12.1. The second-order valence-corrected chi connectivity index (χ2v) is 6.14. The van der Waals surface area contributed by atoms with Crippen LogP contribution in [-0.2, 0) is 4.84 Å². The summed E-state index contributed by atoms with van der Waals surface area (Å²) in [6, 6.07) is 0. The van der Waals surface area contributed by atoms with Gasteiger partial charge in [0.05, 0.1) is 0 Å². The first-order valence-electron chi connectivity index (χ1n) is 6.56. The van der Waals surface area contributed by atoms with Gasteiger partial charge in [-0.2, -0.15) is 9.90 Å². The molecule has 0 saturated carbocycles. The van der Waals surface area contributed by atoms with Crippen LogP contribution in [0.4, 0.5) is 0 Å². The zero-order valence-electron chi connectivity index (χ0n) is 11.6. The number of hydroxylamine groups is 2. The first-order valence-corrected chi connectivity index (χ1v) is 6.56. The van der Waals surface area contributed by atoms with Crippen molar-refractivity contribution in [1.29, 1.82) is 0 Å². The molecule has 0 aromatic rings. The summed E-state index contributed by atoms with van der Waals surface area (Å²) in [5.41, 5.74) is 0.476. The third-order valence-corrected chi connectivity index (χ3v) is 3.56. The summed E-state index contributed by atoms with van der Waals surface area (Å²) in [5, 5.41) is 1.30. The average molecular weight is 226 g/mol. The second kappa shape index (κ2) is 5.33. The lowest BCUT2D eigenvalue weighted by atomic mass is 9.82. The predicted molar refractivity (Wildman–Crippen MR) is 68.4 cm³/mol. The van der Waals surface area contributed by atoms with Crippen LogP contribution >= 0.6 is 0 Å². The Bertz CT molecular complexity index is 227. The Labute approximate surface area is 101 Å². The van der Waals surface area contributed by atoms with Gasteiger partial charge < -0.3 is 0 Å². The SMILES string of the molecule is CC/C=C\CO[NH+]1C(C)(C)CCCC1(C)C. The molecule has 2 nitrogen and oxygen atoms in total. The van der Waals surface area contributed by atoms with Crippen LogP contribution < -0.4 is 5.06 Å². The van der Waals surface area contributed by atoms with Crippen molar-refractivity contribution in [3.05, 3.63) is 12.2 Å². The monoisotopic (exact) mass is 226 g/mol. The lowest BCUT2D eigenvalue weighted by Crippen LogP contribution is -3.25. The molecule has 1 heterocycles. The van der Waals surface area contributed by atoms with E-state index >= 15 is 0 Å². The maximum atomic E-state index is 6.05. The van der Waals surface area contributed by atoms with Crippen molar-refractivity contribution in [2.24, 2.45) is 0 Å². The van der Waals surface area contributed by atoms with Crippen LogP contribution in [0.25, 0.3) is 0 Å². The van der Waals surface area contributed by atoms with Crippen LogP contribution in [0.15, 0.2) is 12.2 Å². The van der Waals surface area contributed by atoms with E-state index in [0.717, 1.165) is 13.0 Å². The molecule has 0 aromatic heterocycles. The maximum absolute atomic E-state index is 6.05. The Hall–Kier alpha value is -0.340. The van der Waals surface area contributed by atoms with Gasteiger partial charge in [-0.05, 0) is 40.5 Å². The van der Waals surface area contributed by atoms with Gasteiger partial charge in [-0.1, -0.05) is 19.1 Å². The number of nitrogens with one attached hydrogen (secondary N) is 1. The highest BCUT2D eigenvalue weighted by Crippen LogP contribution is 2.23. The highest BCUT2D eigenvalue weighted by Gasteiger charge is 2.47. The summed E-state index contributed by atoms with van der Waals surface area (Å²) < 4.78 is 0. The van der Waals surface area contributed by atoms with E-state index < -0.39 is 0 Å². The lowest BCUT2D eigenvalue weighted by Gasteiger charge is -2.46. The van der Waals surface area contributed by atoms with Crippen LogP contribution in [0.1, 0.15) is 60.3 Å². The van der Waals surface area contributed by atoms with Crippen LogP contribution in [-0.4, -0.2) is 17.7 Å². The van der Waals surface area contributed by atoms with Crippen LogP contribution in [0.2, 0.25) is 0 Å². The van der Waals surface area contributed by atoms with Gasteiger partial charge in [-0.3, -0.25) is 0 Å². The van der Waals surface area contributed by atoms with Gasteiger partial charge in [0.15, 0.2) is 0 Å². The molecule has 0 aliphatic carbocycles. The summed E-state index contributed by atoms with van der Waals surface area (Å²) in [6.07, 6.45) is 9.22. The predicted octanol–water partition coefficient (Wildman–Crippen LogP) is 2.51. The highest BCUT2D eigenvalue weighted by atomic mass is 16.7. The number of quaternary nitrogens is 1. The van der Waals surface area contributed by atoms with E-state index in [1.807, 2.05) is 0 Å². The van der Waals surface area contributed by atoms with Gasteiger partial charge in [0.25, 0.3) is 0 Å². The molecule has 1 saturated heterocycles. The molecule has 16 heavy (non-hydrogen) atoms. The Kier molecular flexibility index (Phi) is 4.57. The van der Waals surface area contributed by atoms with E-state index in [-0.39, 0.29) is 11.1 Å². The standard InChI is InChI=1S/C14H27NO/c1-6-7-8-12-16-15-13(2,3)10-9-11-14(15,4)5/h7-8H,6,9-12H2,1-5H3/p+1/b8-7-. The molecule has 0 aromatic carbocycles. The molecule has 0 radical (unpaired) electrons. The molecule has 1 aliphatic heterocycles. The quantitative estimate of drug-likeness (QED) is 0.727. The van der Waals surface area contributed by atoms with Gasteiger partial charge in [-0.15, -0.1) is 0 Å². The summed E-state index contributed by atoms with van der Waals surface area (Å²) in [4.78, 5) is 6.05. The number of rotatable bonds is 4. The molecule has 0 atom stereocenters. The topological polar surface area (TPSA) is 13.7 Å². The molecular weight excluding hydrogens is 198 g/mol. The van der Waals surface area contributed by atoms with Crippen molar-refractivity contribution in [3.63, 3.8) is 0 Å². The molecule has 94 valence electrons. The molecule has 1 fully saturated rings. The van der Waals surface area contributed by atoms with Gasteiger partial charge in [0.2, 0.25) is 0 Å². The van der Waals surface area contributed by atoms with E-state index in [2.05, 4.69) is 46.8 Å².